The minimum atomic E-state index is 0.144. The highest BCUT2D eigenvalue weighted by atomic mass is 32.2. The second kappa shape index (κ2) is 7.54. The van der Waals surface area contributed by atoms with E-state index in [0.717, 1.165) is 41.7 Å². The SMILES string of the molecule is CC1CCCN(C(=O)c2ccccc2CSc2nc3ccccc3o2)C1. The number of piperidine rings is 1. The smallest absolute Gasteiger partial charge is 0.257 e. The summed E-state index contributed by atoms with van der Waals surface area (Å²) >= 11 is 1.53. The Morgan fingerprint density at radius 3 is 2.88 bits per heavy atom. The summed E-state index contributed by atoms with van der Waals surface area (Å²) in [4.78, 5) is 19.5. The lowest BCUT2D eigenvalue weighted by Crippen LogP contribution is -2.39. The van der Waals surface area contributed by atoms with Crippen LogP contribution in [0.1, 0.15) is 35.7 Å². The average Bonchev–Trinajstić information content (AvgIpc) is 3.09. The van der Waals surface area contributed by atoms with Crippen LogP contribution in [0.25, 0.3) is 11.1 Å². The lowest BCUT2D eigenvalue weighted by Gasteiger charge is -2.31. The van der Waals surface area contributed by atoms with Crippen LogP contribution in [-0.2, 0) is 5.75 Å². The normalized spacial score (nSPS) is 17.6. The molecule has 3 aromatic rings. The number of fused-ring (bicyclic) bond motifs is 1. The van der Waals surface area contributed by atoms with Crippen molar-refractivity contribution >= 4 is 28.8 Å². The van der Waals surface area contributed by atoms with Crippen molar-refractivity contribution in [3.63, 3.8) is 0 Å². The molecule has 1 aliphatic heterocycles. The lowest BCUT2D eigenvalue weighted by molar-refractivity contribution is 0.0682. The first-order valence-electron chi connectivity index (χ1n) is 9.06. The maximum absolute atomic E-state index is 13.0. The number of rotatable bonds is 4. The van der Waals surface area contributed by atoms with E-state index in [0.29, 0.717) is 16.9 Å². The molecule has 1 aliphatic rings. The second-order valence-corrected chi connectivity index (χ2v) is 7.82. The number of thioether (sulfide) groups is 1. The predicted molar refractivity (Wildman–Crippen MR) is 104 cm³/mol. The van der Waals surface area contributed by atoms with Gasteiger partial charge in [0.1, 0.15) is 5.52 Å². The van der Waals surface area contributed by atoms with Crippen molar-refractivity contribution in [2.45, 2.75) is 30.7 Å². The van der Waals surface area contributed by atoms with E-state index in [2.05, 4.69) is 11.9 Å². The molecule has 0 aliphatic carbocycles. The summed E-state index contributed by atoms with van der Waals surface area (Å²) in [5, 5.41) is 0.639. The summed E-state index contributed by atoms with van der Waals surface area (Å²) in [7, 11) is 0. The molecule has 1 unspecified atom stereocenters. The van der Waals surface area contributed by atoms with Gasteiger partial charge in [0.2, 0.25) is 0 Å². The van der Waals surface area contributed by atoms with Gasteiger partial charge < -0.3 is 9.32 Å². The van der Waals surface area contributed by atoms with Gasteiger partial charge in [-0.2, -0.15) is 0 Å². The Morgan fingerprint density at radius 1 is 1.23 bits per heavy atom. The average molecular weight is 366 g/mol. The predicted octanol–water partition coefficient (Wildman–Crippen LogP) is 4.99. The number of amides is 1. The molecule has 2 aromatic carbocycles. The Kier molecular flexibility index (Phi) is 4.98. The van der Waals surface area contributed by atoms with E-state index in [9.17, 15) is 4.79 Å². The van der Waals surface area contributed by atoms with Crippen molar-refractivity contribution in [3.8, 4) is 0 Å². The topological polar surface area (TPSA) is 46.3 Å². The van der Waals surface area contributed by atoms with Crippen LogP contribution >= 0.6 is 11.8 Å². The molecular formula is C21H22N2O2S. The molecule has 0 saturated carbocycles. The van der Waals surface area contributed by atoms with Crippen molar-refractivity contribution in [2.75, 3.05) is 13.1 Å². The van der Waals surface area contributed by atoms with Crippen LogP contribution in [0.4, 0.5) is 0 Å². The Bertz CT molecular complexity index is 888. The molecule has 0 radical (unpaired) electrons. The van der Waals surface area contributed by atoms with Crippen LogP contribution in [0, 0.1) is 5.92 Å². The second-order valence-electron chi connectivity index (χ2n) is 6.89. The van der Waals surface area contributed by atoms with Gasteiger partial charge >= 0.3 is 0 Å². The number of benzene rings is 2. The van der Waals surface area contributed by atoms with E-state index in [1.165, 1.54) is 18.2 Å². The van der Waals surface area contributed by atoms with E-state index < -0.39 is 0 Å². The highest BCUT2D eigenvalue weighted by Gasteiger charge is 2.23. The number of para-hydroxylation sites is 2. The molecule has 0 spiro atoms. The number of aromatic nitrogens is 1. The van der Waals surface area contributed by atoms with Gasteiger partial charge in [-0.15, -0.1) is 0 Å². The van der Waals surface area contributed by atoms with Gasteiger partial charge in [-0.25, -0.2) is 4.98 Å². The first-order valence-corrected chi connectivity index (χ1v) is 10.0. The largest absolute Gasteiger partial charge is 0.431 e. The molecule has 4 rings (SSSR count). The maximum atomic E-state index is 13.0. The van der Waals surface area contributed by atoms with Gasteiger partial charge in [0, 0.05) is 24.4 Å². The number of hydrogen-bond acceptors (Lipinski definition) is 4. The number of oxazole rings is 1. The van der Waals surface area contributed by atoms with Crippen LogP contribution in [0.3, 0.4) is 0 Å². The minimum absolute atomic E-state index is 0.144. The lowest BCUT2D eigenvalue weighted by atomic mass is 9.99. The van der Waals surface area contributed by atoms with Crippen LogP contribution < -0.4 is 0 Å². The standard InChI is InChI=1S/C21H22N2O2S/c1-15-7-6-12-23(13-15)20(24)17-9-3-2-8-16(17)14-26-21-22-18-10-4-5-11-19(18)25-21/h2-5,8-11,15H,6-7,12-14H2,1H3. The van der Waals surface area contributed by atoms with E-state index >= 15 is 0 Å². The summed E-state index contributed by atoms with van der Waals surface area (Å²) in [6, 6.07) is 15.6. The van der Waals surface area contributed by atoms with Crippen LogP contribution in [0.2, 0.25) is 0 Å². The molecule has 1 aromatic heterocycles. The summed E-state index contributed by atoms with van der Waals surface area (Å²) in [5.41, 5.74) is 3.48. The molecular weight excluding hydrogens is 344 g/mol. The summed E-state index contributed by atoms with van der Waals surface area (Å²) < 4.78 is 5.78. The van der Waals surface area contributed by atoms with Crippen LogP contribution in [-0.4, -0.2) is 28.9 Å². The molecule has 4 nitrogen and oxygen atoms in total. The first kappa shape index (κ1) is 17.2. The molecule has 134 valence electrons. The zero-order valence-electron chi connectivity index (χ0n) is 14.9. The molecule has 1 saturated heterocycles. The Morgan fingerprint density at radius 2 is 2.04 bits per heavy atom. The third-order valence-electron chi connectivity index (χ3n) is 4.82. The zero-order valence-corrected chi connectivity index (χ0v) is 15.7. The Labute approximate surface area is 157 Å². The highest BCUT2D eigenvalue weighted by Crippen LogP contribution is 2.28. The van der Waals surface area contributed by atoms with Crippen molar-refractivity contribution in [2.24, 2.45) is 5.92 Å². The highest BCUT2D eigenvalue weighted by molar-refractivity contribution is 7.98. The summed E-state index contributed by atoms with van der Waals surface area (Å²) in [5.74, 6) is 1.39. The molecule has 26 heavy (non-hydrogen) atoms. The van der Waals surface area contributed by atoms with Gasteiger partial charge in [-0.1, -0.05) is 49.0 Å². The maximum Gasteiger partial charge on any atom is 0.257 e. The molecule has 0 bridgehead atoms. The van der Waals surface area contributed by atoms with Crippen molar-refractivity contribution in [3.05, 3.63) is 59.7 Å². The number of likely N-dealkylation sites (tertiary alicyclic amines) is 1. The monoisotopic (exact) mass is 366 g/mol. The number of nitrogens with zero attached hydrogens (tertiary/aromatic N) is 2. The van der Waals surface area contributed by atoms with Gasteiger partial charge in [0.05, 0.1) is 0 Å². The molecule has 2 heterocycles. The third kappa shape index (κ3) is 3.63. The fourth-order valence-corrected chi connectivity index (χ4v) is 4.29. The Hall–Kier alpha value is -2.27. The quantitative estimate of drug-likeness (QED) is 0.610. The van der Waals surface area contributed by atoms with Gasteiger partial charge in [0.25, 0.3) is 11.1 Å². The van der Waals surface area contributed by atoms with Gasteiger partial charge in [0.15, 0.2) is 5.58 Å². The molecule has 1 atom stereocenters. The minimum Gasteiger partial charge on any atom is -0.431 e. The molecule has 5 heteroatoms. The Balaban J connectivity index is 1.51. The number of carbonyl (C=O) groups excluding carboxylic acids is 1. The number of carbonyl (C=O) groups is 1. The van der Waals surface area contributed by atoms with Crippen LogP contribution in [0.5, 0.6) is 0 Å². The van der Waals surface area contributed by atoms with Crippen molar-refractivity contribution in [1.29, 1.82) is 0 Å². The van der Waals surface area contributed by atoms with E-state index in [-0.39, 0.29) is 5.91 Å². The van der Waals surface area contributed by atoms with E-state index in [1.807, 2.05) is 53.4 Å². The summed E-state index contributed by atoms with van der Waals surface area (Å²) in [6.07, 6.45) is 2.30. The summed E-state index contributed by atoms with van der Waals surface area (Å²) in [6.45, 7) is 3.93. The third-order valence-corrected chi connectivity index (χ3v) is 5.69. The zero-order chi connectivity index (χ0) is 17.9. The van der Waals surface area contributed by atoms with Gasteiger partial charge in [-0.3, -0.25) is 4.79 Å². The molecule has 0 N–H and O–H groups in total. The van der Waals surface area contributed by atoms with Crippen molar-refractivity contribution < 1.29 is 9.21 Å². The number of hydrogen-bond donors (Lipinski definition) is 0. The van der Waals surface area contributed by atoms with E-state index in [1.54, 1.807) is 0 Å². The first-order chi connectivity index (χ1) is 12.7. The van der Waals surface area contributed by atoms with E-state index in [4.69, 9.17) is 4.42 Å². The van der Waals surface area contributed by atoms with Crippen LogP contribution in [0.15, 0.2) is 58.2 Å². The fraction of sp³-hybridized carbons (Fsp3) is 0.333. The molecule has 1 fully saturated rings. The van der Waals surface area contributed by atoms with Crippen molar-refractivity contribution in [1.82, 2.24) is 9.88 Å². The fourth-order valence-electron chi connectivity index (χ4n) is 3.45. The van der Waals surface area contributed by atoms with Gasteiger partial charge in [-0.05, 0) is 42.5 Å². The molecule has 1 amide bonds.